The summed E-state index contributed by atoms with van der Waals surface area (Å²) in [6.45, 7) is 3.27. The standard InChI is InChI=1S/C15H24N2/c1-12-5-3-6-13(11-12)9-10-17(2)15-8-4-7-14(15)16/h3,5-6,11,14-15H,4,7-10,16H2,1-2H3. The molecule has 1 aliphatic rings. The summed E-state index contributed by atoms with van der Waals surface area (Å²) in [7, 11) is 2.21. The van der Waals surface area contributed by atoms with Crippen molar-refractivity contribution in [2.75, 3.05) is 13.6 Å². The molecule has 1 fully saturated rings. The van der Waals surface area contributed by atoms with Crippen molar-refractivity contribution in [3.05, 3.63) is 35.4 Å². The van der Waals surface area contributed by atoms with Crippen LogP contribution in [0.3, 0.4) is 0 Å². The highest BCUT2D eigenvalue weighted by molar-refractivity contribution is 5.22. The van der Waals surface area contributed by atoms with Crippen molar-refractivity contribution >= 4 is 0 Å². The number of likely N-dealkylation sites (N-methyl/N-ethyl adjacent to an activating group) is 1. The Labute approximate surface area is 105 Å². The Morgan fingerprint density at radius 2 is 2.18 bits per heavy atom. The maximum absolute atomic E-state index is 6.13. The molecule has 1 saturated carbocycles. The predicted molar refractivity (Wildman–Crippen MR) is 73.1 cm³/mol. The average Bonchev–Trinajstić information content (AvgIpc) is 2.72. The molecule has 0 saturated heterocycles. The highest BCUT2D eigenvalue weighted by Gasteiger charge is 2.26. The van der Waals surface area contributed by atoms with Gasteiger partial charge in [-0.25, -0.2) is 0 Å². The van der Waals surface area contributed by atoms with Crippen molar-refractivity contribution in [3.63, 3.8) is 0 Å². The fraction of sp³-hybridized carbons (Fsp3) is 0.600. The molecular weight excluding hydrogens is 208 g/mol. The second kappa shape index (κ2) is 5.65. The molecule has 2 atom stereocenters. The van der Waals surface area contributed by atoms with Gasteiger partial charge in [0.05, 0.1) is 0 Å². The van der Waals surface area contributed by atoms with Crippen molar-refractivity contribution < 1.29 is 0 Å². The molecule has 2 N–H and O–H groups in total. The zero-order chi connectivity index (χ0) is 12.3. The first-order valence-corrected chi connectivity index (χ1v) is 6.68. The molecule has 2 nitrogen and oxygen atoms in total. The van der Waals surface area contributed by atoms with Crippen LogP contribution < -0.4 is 5.73 Å². The fourth-order valence-corrected chi connectivity index (χ4v) is 2.86. The maximum atomic E-state index is 6.13. The highest BCUT2D eigenvalue weighted by Crippen LogP contribution is 2.21. The number of benzene rings is 1. The minimum Gasteiger partial charge on any atom is -0.326 e. The Balaban J connectivity index is 1.85. The maximum Gasteiger partial charge on any atom is 0.0244 e. The first-order valence-electron chi connectivity index (χ1n) is 6.68. The minimum absolute atomic E-state index is 0.387. The number of rotatable bonds is 4. The topological polar surface area (TPSA) is 29.3 Å². The van der Waals surface area contributed by atoms with E-state index in [0.29, 0.717) is 12.1 Å². The summed E-state index contributed by atoms with van der Waals surface area (Å²) in [5, 5.41) is 0. The van der Waals surface area contributed by atoms with Gasteiger partial charge in [0, 0.05) is 18.6 Å². The molecule has 2 rings (SSSR count). The van der Waals surface area contributed by atoms with Crippen molar-refractivity contribution in [3.8, 4) is 0 Å². The number of hydrogen-bond acceptors (Lipinski definition) is 2. The highest BCUT2D eigenvalue weighted by atomic mass is 15.1. The fourth-order valence-electron chi connectivity index (χ4n) is 2.86. The van der Waals surface area contributed by atoms with Crippen LogP contribution >= 0.6 is 0 Å². The van der Waals surface area contributed by atoms with Gasteiger partial charge >= 0.3 is 0 Å². The molecule has 17 heavy (non-hydrogen) atoms. The van der Waals surface area contributed by atoms with E-state index in [1.165, 1.54) is 30.4 Å². The normalized spacial score (nSPS) is 24.5. The van der Waals surface area contributed by atoms with Crippen LogP contribution in [0.25, 0.3) is 0 Å². The number of nitrogens with zero attached hydrogens (tertiary/aromatic N) is 1. The average molecular weight is 232 g/mol. The van der Waals surface area contributed by atoms with Gasteiger partial charge in [0.1, 0.15) is 0 Å². The molecule has 0 aliphatic heterocycles. The lowest BCUT2D eigenvalue weighted by atomic mass is 10.1. The third-order valence-corrected chi connectivity index (χ3v) is 3.93. The summed E-state index contributed by atoms with van der Waals surface area (Å²) in [4.78, 5) is 2.44. The lowest BCUT2D eigenvalue weighted by molar-refractivity contribution is 0.231. The Morgan fingerprint density at radius 1 is 1.35 bits per heavy atom. The lowest BCUT2D eigenvalue weighted by Gasteiger charge is -2.27. The van der Waals surface area contributed by atoms with E-state index < -0.39 is 0 Å². The Bertz CT molecular complexity index is 362. The smallest absolute Gasteiger partial charge is 0.0244 e. The van der Waals surface area contributed by atoms with Crippen LogP contribution in [0.2, 0.25) is 0 Å². The quantitative estimate of drug-likeness (QED) is 0.863. The van der Waals surface area contributed by atoms with Crippen LogP contribution in [0.4, 0.5) is 0 Å². The summed E-state index contributed by atoms with van der Waals surface area (Å²) < 4.78 is 0. The number of aryl methyl sites for hydroxylation is 1. The van der Waals surface area contributed by atoms with Crippen LogP contribution in [0.5, 0.6) is 0 Å². The second-order valence-electron chi connectivity index (χ2n) is 5.38. The van der Waals surface area contributed by atoms with E-state index in [4.69, 9.17) is 5.73 Å². The van der Waals surface area contributed by atoms with Crippen LogP contribution in [-0.2, 0) is 6.42 Å². The van der Waals surface area contributed by atoms with Crippen LogP contribution in [0.15, 0.2) is 24.3 Å². The molecule has 0 radical (unpaired) electrons. The van der Waals surface area contributed by atoms with Gasteiger partial charge in [-0.2, -0.15) is 0 Å². The number of nitrogens with two attached hydrogens (primary N) is 1. The molecule has 0 aromatic heterocycles. The van der Waals surface area contributed by atoms with Crippen LogP contribution in [0.1, 0.15) is 30.4 Å². The van der Waals surface area contributed by atoms with Gasteiger partial charge in [0.15, 0.2) is 0 Å². The molecule has 94 valence electrons. The van der Waals surface area contributed by atoms with E-state index in [-0.39, 0.29) is 0 Å². The monoisotopic (exact) mass is 232 g/mol. The molecule has 0 amide bonds. The van der Waals surface area contributed by atoms with E-state index in [1.807, 2.05) is 0 Å². The van der Waals surface area contributed by atoms with E-state index in [9.17, 15) is 0 Å². The van der Waals surface area contributed by atoms with Gasteiger partial charge < -0.3 is 10.6 Å². The van der Waals surface area contributed by atoms with Crippen LogP contribution in [-0.4, -0.2) is 30.6 Å². The SMILES string of the molecule is Cc1cccc(CCN(C)C2CCCC2N)c1. The van der Waals surface area contributed by atoms with Crippen molar-refractivity contribution in [2.45, 2.75) is 44.7 Å². The summed E-state index contributed by atoms with van der Waals surface area (Å²) in [5.74, 6) is 0. The van der Waals surface area contributed by atoms with Gasteiger partial charge in [0.25, 0.3) is 0 Å². The summed E-state index contributed by atoms with van der Waals surface area (Å²) in [6, 6.07) is 9.78. The van der Waals surface area contributed by atoms with E-state index in [0.717, 1.165) is 13.0 Å². The van der Waals surface area contributed by atoms with E-state index >= 15 is 0 Å². The molecule has 2 unspecified atom stereocenters. The van der Waals surface area contributed by atoms with Crippen LogP contribution in [0, 0.1) is 6.92 Å². The molecule has 1 aliphatic carbocycles. The van der Waals surface area contributed by atoms with Crippen molar-refractivity contribution in [1.29, 1.82) is 0 Å². The second-order valence-corrected chi connectivity index (χ2v) is 5.38. The van der Waals surface area contributed by atoms with Gasteiger partial charge in [-0.3, -0.25) is 0 Å². The molecule has 0 spiro atoms. The molecule has 0 heterocycles. The molecule has 2 heteroatoms. The molecule has 1 aromatic rings. The van der Waals surface area contributed by atoms with Gasteiger partial charge in [0.2, 0.25) is 0 Å². The zero-order valence-corrected chi connectivity index (χ0v) is 11.0. The number of hydrogen-bond donors (Lipinski definition) is 1. The van der Waals surface area contributed by atoms with Gasteiger partial charge in [-0.05, 0) is 38.8 Å². The summed E-state index contributed by atoms with van der Waals surface area (Å²) in [6.07, 6.45) is 4.88. The molecule has 1 aromatic carbocycles. The summed E-state index contributed by atoms with van der Waals surface area (Å²) >= 11 is 0. The Morgan fingerprint density at radius 3 is 2.82 bits per heavy atom. The zero-order valence-electron chi connectivity index (χ0n) is 11.0. The van der Waals surface area contributed by atoms with Gasteiger partial charge in [-0.15, -0.1) is 0 Å². The first-order chi connectivity index (χ1) is 8.16. The van der Waals surface area contributed by atoms with Gasteiger partial charge in [-0.1, -0.05) is 36.2 Å². The first kappa shape index (κ1) is 12.6. The summed E-state index contributed by atoms with van der Waals surface area (Å²) in [5.41, 5.74) is 8.91. The third-order valence-electron chi connectivity index (χ3n) is 3.93. The molecular formula is C15H24N2. The minimum atomic E-state index is 0.387. The lowest BCUT2D eigenvalue weighted by Crippen LogP contribution is -2.42. The largest absolute Gasteiger partial charge is 0.326 e. The molecule has 0 bridgehead atoms. The Kier molecular flexibility index (Phi) is 4.19. The third kappa shape index (κ3) is 3.30. The Hall–Kier alpha value is -0.860. The van der Waals surface area contributed by atoms with E-state index in [1.54, 1.807) is 0 Å². The predicted octanol–water partition coefficient (Wildman–Crippen LogP) is 2.35. The van der Waals surface area contributed by atoms with E-state index in [2.05, 4.69) is 43.1 Å². The van der Waals surface area contributed by atoms with Crippen molar-refractivity contribution in [2.24, 2.45) is 5.73 Å². The van der Waals surface area contributed by atoms with Crippen molar-refractivity contribution in [1.82, 2.24) is 4.90 Å².